The second-order valence-corrected chi connectivity index (χ2v) is 6.03. The molecule has 3 heterocycles. The Kier molecular flexibility index (Phi) is 2.96. The largest absolute Gasteiger partial charge is 0.316 e. The molecule has 0 radical (unpaired) electrons. The van der Waals surface area contributed by atoms with Crippen molar-refractivity contribution in [3.63, 3.8) is 0 Å². The van der Waals surface area contributed by atoms with Gasteiger partial charge in [0.25, 0.3) is 0 Å². The maximum atomic E-state index is 4.55. The predicted molar refractivity (Wildman–Crippen MR) is 66.6 cm³/mol. The summed E-state index contributed by atoms with van der Waals surface area (Å²) in [6.07, 6.45) is 1.36. The average molecular weight is 237 g/mol. The Bertz CT molecular complexity index is 363. The molecule has 1 aromatic heterocycles. The van der Waals surface area contributed by atoms with Gasteiger partial charge in [-0.15, -0.1) is 11.3 Å². The number of aryl methyl sites for hydroxylation is 1. The van der Waals surface area contributed by atoms with Crippen LogP contribution < -0.4 is 5.32 Å². The fourth-order valence-electron chi connectivity index (χ4n) is 2.92. The molecule has 0 bridgehead atoms. The Morgan fingerprint density at radius 1 is 1.50 bits per heavy atom. The Morgan fingerprint density at radius 3 is 3.19 bits per heavy atom. The number of aromatic nitrogens is 1. The van der Waals surface area contributed by atoms with Crippen molar-refractivity contribution in [3.05, 3.63) is 16.1 Å². The average Bonchev–Trinajstić information content (AvgIpc) is 2.87. The lowest BCUT2D eigenvalue weighted by molar-refractivity contribution is 0.142. The van der Waals surface area contributed by atoms with Crippen LogP contribution >= 0.6 is 11.3 Å². The van der Waals surface area contributed by atoms with Crippen LogP contribution in [0.25, 0.3) is 0 Å². The molecule has 2 unspecified atom stereocenters. The standard InChI is InChI=1S/C12H19N3S/c1-9-8-16-12(14-9)7-15-3-2-10-4-13-5-11(10)6-15/h8,10-11,13H,2-7H2,1H3. The van der Waals surface area contributed by atoms with Crippen LogP contribution in [0.4, 0.5) is 0 Å². The summed E-state index contributed by atoms with van der Waals surface area (Å²) in [7, 11) is 0. The summed E-state index contributed by atoms with van der Waals surface area (Å²) in [6.45, 7) is 8.11. The van der Waals surface area contributed by atoms with E-state index in [0.29, 0.717) is 0 Å². The van der Waals surface area contributed by atoms with Crippen molar-refractivity contribution in [2.75, 3.05) is 26.2 Å². The van der Waals surface area contributed by atoms with Crippen LogP contribution in [0.15, 0.2) is 5.38 Å². The van der Waals surface area contributed by atoms with Gasteiger partial charge in [-0.2, -0.15) is 0 Å². The summed E-state index contributed by atoms with van der Waals surface area (Å²) in [5, 5.41) is 6.94. The molecular formula is C12H19N3S. The van der Waals surface area contributed by atoms with Gasteiger partial charge in [-0.1, -0.05) is 0 Å². The second kappa shape index (κ2) is 4.43. The third kappa shape index (κ3) is 2.14. The number of likely N-dealkylation sites (tertiary alicyclic amines) is 1. The van der Waals surface area contributed by atoms with Gasteiger partial charge in [-0.3, -0.25) is 4.90 Å². The number of piperidine rings is 1. The summed E-state index contributed by atoms with van der Waals surface area (Å²) in [4.78, 5) is 7.13. The molecule has 1 N–H and O–H groups in total. The molecule has 0 aliphatic carbocycles. The van der Waals surface area contributed by atoms with Gasteiger partial charge in [0.05, 0.1) is 6.54 Å². The molecule has 0 aromatic carbocycles. The monoisotopic (exact) mass is 237 g/mol. The topological polar surface area (TPSA) is 28.2 Å². The summed E-state index contributed by atoms with van der Waals surface area (Å²) in [5.74, 6) is 1.82. The van der Waals surface area contributed by atoms with Crippen molar-refractivity contribution in [3.8, 4) is 0 Å². The molecule has 1 aromatic rings. The third-order valence-electron chi connectivity index (χ3n) is 3.81. The zero-order chi connectivity index (χ0) is 11.0. The highest BCUT2D eigenvalue weighted by Gasteiger charge is 2.32. The zero-order valence-corrected chi connectivity index (χ0v) is 10.6. The first-order chi connectivity index (χ1) is 7.81. The van der Waals surface area contributed by atoms with Gasteiger partial charge >= 0.3 is 0 Å². The van der Waals surface area contributed by atoms with E-state index in [0.717, 1.165) is 24.1 Å². The van der Waals surface area contributed by atoms with E-state index >= 15 is 0 Å². The third-order valence-corrected chi connectivity index (χ3v) is 4.77. The van der Waals surface area contributed by atoms with Gasteiger partial charge in [0.1, 0.15) is 5.01 Å². The van der Waals surface area contributed by atoms with Gasteiger partial charge in [0.2, 0.25) is 0 Å². The maximum Gasteiger partial charge on any atom is 0.107 e. The molecule has 2 aliphatic heterocycles. The van der Waals surface area contributed by atoms with Crippen molar-refractivity contribution in [1.29, 1.82) is 0 Å². The van der Waals surface area contributed by atoms with Crippen molar-refractivity contribution in [2.45, 2.75) is 19.9 Å². The second-order valence-electron chi connectivity index (χ2n) is 5.08. The molecule has 0 saturated carbocycles. The SMILES string of the molecule is Cc1csc(CN2CCC3CNCC3C2)n1. The highest BCUT2D eigenvalue weighted by atomic mass is 32.1. The number of rotatable bonds is 2. The number of hydrogen-bond donors (Lipinski definition) is 1. The first-order valence-corrected chi connectivity index (χ1v) is 7.03. The molecule has 2 aliphatic rings. The summed E-state index contributed by atoms with van der Waals surface area (Å²) < 4.78 is 0. The molecule has 0 amide bonds. The number of nitrogens with one attached hydrogen (secondary N) is 1. The predicted octanol–water partition coefficient (Wildman–Crippen LogP) is 1.49. The maximum absolute atomic E-state index is 4.55. The van der Waals surface area contributed by atoms with E-state index in [9.17, 15) is 0 Å². The lowest BCUT2D eigenvalue weighted by atomic mass is 9.89. The quantitative estimate of drug-likeness (QED) is 0.845. The van der Waals surface area contributed by atoms with Crippen LogP contribution in [0.5, 0.6) is 0 Å². The number of nitrogens with zero attached hydrogens (tertiary/aromatic N) is 2. The van der Waals surface area contributed by atoms with E-state index < -0.39 is 0 Å². The molecule has 4 heteroatoms. The highest BCUT2D eigenvalue weighted by molar-refractivity contribution is 7.09. The van der Waals surface area contributed by atoms with E-state index in [1.807, 2.05) is 0 Å². The van der Waals surface area contributed by atoms with E-state index in [4.69, 9.17) is 0 Å². The van der Waals surface area contributed by atoms with Gasteiger partial charge in [0.15, 0.2) is 0 Å². The highest BCUT2D eigenvalue weighted by Crippen LogP contribution is 2.27. The molecule has 88 valence electrons. The van der Waals surface area contributed by atoms with Crippen molar-refractivity contribution in [2.24, 2.45) is 11.8 Å². The smallest absolute Gasteiger partial charge is 0.107 e. The molecule has 16 heavy (non-hydrogen) atoms. The fraction of sp³-hybridized carbons (Fsp3) is 0.750. The number of thiazole rings is 1. The van der Waals surface area contributed by atoms with Gasteiger partial charge in [-0.25, -0.2) is 4.98 Å². The van der Waals surface area contributed by atoms with Crippen LogP contribution in [0.2, 0.25) is 0 Å². The zero-order valence-electron chi connectivity index (χ0n) is 9.78. The minimum atomic E-state index is 0.884. The van der Waals surface area contributed by atoms with E-state index in [-0.39, 0.29) is 0 Å². The van der Waals surface area contributed by atoms with Crippen LogP contribution in [0, 0.1) is 18.8 Å². The molecular weight excluding hydrogens is 218 g/mol. The molecule has 3 rings (SSSR count). The van der Waals surface area contributed by atoms with Crippen LogP contribution in [-0.2, 0) is 6.54 Å². The Hall–Kier alpha value is -0.450. The van der Waals surface area contributed by atoms with Crippen LogP contribution in [0.3, 0.4) is 0 Å². The molecule has 3 nitrogen and oxygen atoms in total. The normalized spacial score (nSPS) is 30.6. The van der Waals surface area contributed by atoms with Crippen LogP contribution in [-0.4, -0.2) is 36.1 Å². The van der Waals surface area contributed by atoms with Crippen molar-refractivity contribution in [1.82, 2.24) is 15.2 Å². The van der Waals surface area contributed by atoms with Crippen LogP contribution in [0.1, 0.15) is 17.1 Å². The molecule has 2 atom stereocenters. The van der Waals surface area contributed by atoms with Crippen molar-refractivity contribution < 1.29 is 0 Å². The first-order valence-electron chi connectivity index (χ1n) is 6.15. The fourth-order valence-corrected chi connectivity index (χ4v) is 3.73. The van der Waals surface area contributed by atoms with Gasteiger partial charge in [0, 0.05) is 17.6 Å². The van der Waals surface area contributed by atoms with E-state index in [1.54, 1.807) is 11.3 Å². The summed E-state index contributed by atoms with van der Waals surface area (Å²) >= 11 is 1.80. The number of fused-ring (bicyclic) bond motifs is 1. The Balaban J connectivity index is 1.60. The van der Waals surface area contributed by atoms with E-state index in [2.05, 4.69) is 27.5 Å². The van der Waals surface area contributed by atoms with Crippen molar-refractivity contribution >= 4 is 11.3 Å². The minimum Gasteiger partial charge on any atom is -0.316 e. The molecule has 0 spiro atoms. The van der Waals surface area contributed by atoms with Gasteiger partial charge in [-0.05, 0) is 44.8 Å². The van der Waals surface area contributed by atoms with Gasteiger partial charge < -0.3 is 5.32 Å². The summed E-state index contributed by atoms with van der Waals surface area (Å²) in [6, 6.07) is 0. The Morgan fingerprint density at radius 2 is 2.38 bits per heavy atom. The summed E-state index contributed by atoms with van der Waals surface area (Å²) in [5.41, 5.74) is 1.16. The molecule has 2 saturated heterocycles. The molecule has 2 fully saturated rings. The van der Waals surface area contributed by atoms with E-state index in [1.165, 1.54) is 37.6 Å². The number of hydrogen-bond acceptors (Lipinski definition) is 4. The minimum absolute atomic E-state index is 0.884. The first kappa shape index (κ1) is 10.7. The Labute approximate surface area is 101 Å². The lowest BCUT2D eigenvalue weighted by Crippen LogP contribution is -2.39. The lowest BCUT2D eigenvalue weighted by Gasteiger charge is -2.33.